The van der Waals surface area contributed by atoms with E-state index in [4.69, 9.17) is 23.2 Å². The number of hydrogen-bond donors (Lipinski definition) is 1. The van der Waals surface area contributed by atoms with E-state index >= 15 is 0 Å². The van der Waals surface area contributed by atoms with Crippen LogP contribution in [0.2, 0.25) is 10.0 Å². The Labute approximate surface area is 275 Å². The standard InChI is InChI=1S/C30H34Cl2N2O2S.Ac/c31-27-8-7-23(16-28(27)32)30(36)34-18-25(26(19-34)24-12-15-37-20-24)17-33-13-10-21(11-14-33)6-9-29(35)22-4-2-1-3-5-22;/h1-5,7-8,12,15-16,20-21,25-26,29,35H,6,9-11,13-14,17-19H2;. The second-order valence-corrected chi connectivity index (χ2v) is 12.1. The van der Waals surface area contributed by atoms with Crippen LogP contribution in [0.1, 0.15) is 59.2 Å². The molecule has 1 N–H and O–H groups in total. The van der Waals surface area contributed by atoms with E-state index in [1.807, 2.05) is 35.2 Å². The van der Waals surface area contributed by atoms with Crippen LogP contribution in [0, 0.1) is 55.9 Å². The fourth-order valence-corrected chi connectivity index (χ4v) is 6.95. The number of piperidine rings is 1. The van der Waals surface area contributed by atoms with Gasteiger partial charge >= 0.3 is 0 Å². The number of likely N-dealkylation sites (tertiary alicyclic amines) is 2. The largest absolute Gasteiger partial charge is 0.388 e. The summed E-state index contributed by atoms with van der Waals surface area (Å²) in [6.07, 6.45) is 3.86. The van der Waals surface area contributed by atoms with E-state index in [1.165, 1.54) is 18.4 Å². The topological polar surface area (TPSA) is 43.8 Å². The molecule has 3 unspecified atom stereocenters. The summed E-state index contributed by atoms with van der Waals surface area (Å²) < 4.78 is 0. The molecule has 3 heterocycles. The van der Waals surface area contributed by atoms with Gasteiger partial charge in [0.1, 0.15) is 0 Å². The maximum atomic E-state index is 13.3. The predicted octanol–water partition coefficient (Wildman–Crippen LogP) is 7.14. The fourth-order valence-electron chi connectivity index (χ4n) is 5.92. The summed E-state index contributed by atoms with van der Waals surface area (Å²) in [5.41, 5.74) is 2.95. The molecule has 3 aromatic rings. The normalized spacial score (nSPS) is 21.3. The van der Waals surface area contributed by atoms with Gasteiger partial charge in [0, 0.05) is 75.2 Å². The molecule has 1 aromatic heterocycles. The summed E-state index contributed by atoms with van der Waals surface area (Å²) >= 11 is 14.0. The number of nitrogens with zero attached hydrogens (tertiary/aromatic N) is 2. The van der Waals surface area contributed by atoms with Crippen molar-refractivity contribution in [2.75, 3.05) is 32.7 Å². The molecule has 199 valence electrons. The van der Waals surface area contributed by atoms with Gasteiger partial charge < -0.3 is 14.9 Å². The fraction of sp³-hybridized carbons (Fsp3) is 0.433. The number of carbonyl (C=O) groups is 1. The van der Waals surface area contributed by atoms with E-state index in [9.17, 15) is 9.90 Å². The summed E-state index contributed by atoms with van der Waals surface area (Å²) in [4.78, 5) is 17.9. The van der Waals surface area contributed by atoms with Gasteiger partial charge in [0.05, 0.1) is 16.1 Å². The molecule has 1 radical (unpaired) electrons. The molecule has 2 saturated heterocycles. The van der Waals surface area contributed by atoms with E-state index in [0.29, 0.717) is 33.4 Å². The van der Waals surface area contributed by atoms with E-state index in [1.54, 1.807) is 29.5 Å². The minimum Gasteiger partial charge on any atom is -0.388 e. The Morgan fingerprint density at radius 2 is 1.79 bits per heavy atom. The Balaban J connectivity index is 0.00000336. The number of thiophene rings is 1. The van der Waals surface area contributed by atoms with Crippen LogP contribution in [-0.4, -0.2) is 53.5 Å². The van der Waals surface area contributed by atoms with Crippen LogP contribution in [0.25, 0.3) is 0 Å². The van der Waals surface area contributed by atoms with E-state index in [0.717, 1.165) is 51.1 Å². The Morgan fingerprint density at radius 3 is 2.47 bits per heavy atom. The molecule has 3 atom stereocenters. The molecule has 1 amide bonds. The van der Waals surface area contributed by atoms with Gasteiger partial charge in [-0.1, -0.05) is 53.5 Å². The van der Waals surface area contributed by atoms with Gasteiger partial charge in [0.2, 0.25) is 0 Å². The molecule has 8 heteroatoms. The number of aliphatic hydroxyl groups is 1. The van der Waals surface area contributed by atoms with Crippen molar-refractivity contribution in [1.29, 1.82) is 0 Å². The molecule has 4 nitrogen and oxygen atoms in total. The van der Waals surface area contributed by atoms with Gasteiger partial charge in [-0.3, -0.25) is 4.79 Å². The maximum Gasteiger partial charge on any atom is 0.253 e. The van der Waals surface area contributed by atoms with Gasteiger partial charge in [0.25, 0.3) is 5.91 Å². The Bertz CT molecular complexity index is 1170. The monoisotopic (exact) mass is 783 g/mol. The Kier molecular flexibility index (Phi) is 11.6. The van der Waals surface area contributed by atoms with E-state index in [-0.39, 0.29) is 56.1 Å². The third-order valence-electron chi connectivity index (χ3n) is 8.10. The van der Waals surface area contributed by atoms with Crippen LogP contribution in [0.3, 0.4) is 0 Å². The second kappa shape index (κ2) is 14.4. The van der Waals surface area contributed by atoms with Crippen LogP contribution >= 0.6 is 34.5 Å². The first-order valence-corrected chi connectivity index (χ1v) is 14.9. The van der Waals surface area contributed by atoms with Crippen molar-refractivity contribution in [3.8, 4) is 0 Å². The Morgan fingerprint density at radius 1 is 1.03 bits per heavy atom. The minimum absolute atomic E-state index is 0. The number of amides is 1. The molecule has 2 aromatic carbocycles. The number of hydrogen-bond acceptors (Lipinski definition) is 4. The first kappa shape index (κ1) is 30.5. The number of benzene rings is 2. The molecule has 0 spiro atoms. The maximum absolute atomic E-state index is 13.3. The summed E-state index contributed by atoms with van der Waals surface area (Å²) in [7, 11) is 0. The van der Waals surface area contributed by atoms with Crippen LogP contribution < -0.4 is 0 Å². The molecular formula is C30H34AcCl2N2O2S. The second-order valence-electron chi connectivity index (χ2n) is 10.5. The van der Waals surface area contributed by atoms with Crippen molar-refractivity contribution in [3.05, 3.63) is 92.1 Å². The van der Waals surface area contributed by atoms with E-state index in [2.05, 4.69) is 21.7 Å². The van der Waals surface area contributed by atoms with Crippen LogP contribution in [0.5, 0.6) is 0 Å². The van der Waals surface area contributed by atoms with Gasteiger partial charge in [-0.05, 0) is 96.8 Å². The minimum atomic E-state index is -0.372. The first-order chi connectivity index (χ1) is 18.0. The molecule has 0 aliphatic carbocycles. The first-order valence-electron chi connectivity index (χ1n) is 13.2. The van der Waals surface area contributed by atoms with Gasteiger partial charge in [0.15, 0.2) is 0 Å². The average molecular weight is 785 g/mol. The number of rotatable bonds is 8. The van der Waals surface area contributed by atoms with Gasteiger partial charge in [-0.25, -0.2) is 0 Å². The molecule has 2 fully saturated rings. The van der Waals surface area contributed by atoms with Crippen molar-refractivity contribution in [1.82, 2.24) is 9.80 Å². The Hall–Kier alpha value is -0.448. The van der Waals surface area contributed by atoms with Crippen molar-refractivity contribution >= 4 is 40.4 Å². The zero-order valence-electron chi connectivity index (χ0n) is 21.5. The van der Waals surface area contributed by atoms with Crippen LogP contribution in [-0.2, 0) is 0 Å². The van der Waals surface area contributed by atoms with Crippen molar-refractivity contribution < 1.29 is 54.0 Å². The van der Waals surface area contributed by atoms with Gasteiger partial charge in [-0.15, -0.1) is 0 Å². The number of halogens is 2. The molecule has 38 heavy (non-hydrogen) atoms. The molecule has 2 aliphatic heterocycles. The van der Waals surface area contributed by atoms with Crippen LogP contribution in [0.4, 0.5) is 0 Å². The number of carbonyl (C=O) groups excluding carboxylic acids is 1. The molecular weight excluding hydrogens is 750 g/mol. The number of aliphatic hydroxyl groups excluding tert-OH is 1. The summed E-state index contributed by atoms with van der Waals surface area (Å²) in [6.45, 7) is 4.65. The molecule has 0 bridgehead atoms. The van der Waals surface area contributed by atoms with E-state index < -0.39 is 0 Å². The zero-order valence-corrected chi connectivity index (χ0v) is 28.6. The smallest absolute Gasteiger partial charge is 0.253 e. The van der Waals surface area contributed by atoms with Crippen molar-refractivity contribution in [2.45, 2.75) is 37.7 Å². The summed E-state index contributed by atoms with van der Waals surface area (Å²) in [6, 6.07) is 17.3. The average Bonchev–Trinajstić information content (AvgIpc) is 3.60. The zero-order chi connectivity index (χ0) is 25.8. The van der Waals surface area contributed by atoms with Crippen LogP contribution in [0.15, 0.2) is 65.4 Å². The molecule has 0 saturated carbocycles. The predicted molar refractivity (Wildman–Crippen MR) is 153 cm³/mol. The third-order valence-corrected chi connectivity index (χ3v) is 9.54. The van der Waals surface area contributed by atoms with Crippen molar-refractivity contribution in [2.24, 2.45) is 11.8 Å². The molecule has 2 aliphatic rings. The quantitative estimate of drug-likeness (QED) is 0.265. The molecule has 5 rings (SSSR count). The summed E-state index contributed by atoms with van der Waals surface area (Å²) in [5.74, 6) is 1.44. The SMILES string of the molecule is O=C(c1ccc(Cl)c(Cl)c1)N1CC(CN2CCC(CCC(O)c3ccccc3)CC2)C(c2ccsc2)C1.[Ac]. The summed E-state index contributed by atoms with van der Waals surface area (Å²) in [5, 5.41) is 15.8. The van der Waals surface area contributed by atoms with Crippen molar-refractivity contribution in [3.63, 3.8) is 0 Å². The third kappa shape index (κ3) is 7.64. The van der Waals surface area contributed by atoms with Gasteiger partial charge in [-0.2, -0.15) is 11.3 Å².